The van der Waals surface area contributed by atoms with Gasteiger partial charge >= 0.3 is 0 Å². The van der Waals surface area contributed by atoms with Crippen LogP contribution >= 0.6 is 0 Å². The molecule has 1 saturated heterocycles. The van der Waals surface area contributed by atoms with Crippen molar-refractivity contribution in [2.45, 2.75) is 31.9 Å². The third-order valence-corrected chi connectivity index (χ3v) is 3.01. The van der Waals surface area contributed by atoms with E-state index in [2.05, 4.69) is 10.6 Å². The Morgan fingerprint density at radius 3 is 2.94 bits per heavy atom. The zero-order valence-electron chi connectivity index (χ0n) is 9.96. The normalized spacial score (nSPS) is 19.3. The molecule has 2 rings (SSSR count). The molecule has 3 nitrogen and oxygen atoms in total. The average molecular weight is 254 g/mol. The van der Waals surface area contributed by atoms with Gasteiger partial charge in [-0.1, -0.05) is 18.2 Å². The molecule has 1 unspecified atom stereocenters. The predicted octanol–water partition coefficient (Wildman–Crippen LogP) is 1.99. The lowest BCUT2D eigenvalue weighted by Crippen LogP contribution is -2.35. The maximum absolute atomic E-state index is 12.5. The van der Waals surface area contributed by atoms with Crippen molar-refractivity contribution in [3.63, 3.8) is 0 Å². The molecule has 18 heavy (non-hydrogen) atoms. The molecule has 0 saturated carbocycles. The summed E-state index contributed by atoms with van der Waals surface area (Å²) in [7, 11) is 0. The van der Waals surface area contributed by atoms with Crippen molar-refractivity contribution in [1.29, 1.82) is 0 Å². The highest BCUT2D eigenvalue weighted by Gasteiger charge is 2.19. The van der Waals surface area contributed by atoms with Gasteiger partial charge in [-0.05, 0) is 18.1 Å². The van der Waals surface area contributed by atoms with Crippen LogP contribution in [0.5, 0.6) is 0 Å². The minimum absolute atomic E-state index is 0.0449. The lowest BCUT2D eigenvalue weighted by Gasteiger charge is -2.11. The van der Waals surface area contributed by atoms with Gasteiger partial charge in [-0.25, -0.2) is 8.78 Å². The Hall–Kier alpha value is -1.49. The highest BCUT2D eigenvalue weighted by atomic mass is 19.3. The van der Waals surface area contributed by atoms with Crippen LogP contribution in [0.3, 0.4) is 0 Å². The Morgan fingerprint density at radius 2 is 2.28 bits per heavy atom. The van der Waals surface area contributed by atoms with E-state index in [1.165, 1.54) is 12.1 Å². The number of hydrogen-bond acceptors (Lipinski definition) is 2. The van der Waals surface area contributed by atoms with E-state index in [9.17, 15) is 13.6 Å². The molecule has 1 fully saturated rings. The van der Waals surface area contributed by atoms with Gasteiger partial charge < -0.3 is 10.6 Å². The molecule has 1 aromatic rings. The Bertz CT molecular complexity index is 423. The fraction of sp³-hybridized carbons (Fsp3) is 0.462. The molecule has 1 heterocycles. The van der Waals surface area contributed by atoms with Gasteiger partial charge in [-0.3, -0.25) is 4.79 Å². The molecule has 98 valence electrons. The fourth-order valence-electron chi connectivity index (χ4n) is 2.06. The van der Waals surface area contributed by atoms with E-state index in [0.717, 1.165) is 12.0 Å². The van der Waals surface area contributed by atoms with Crippen molar-refractivity contribution < 1.29 is 13.6 Å². The standard InChI is InChI=1S/C13H16F2N2O/c14-13(15)10-3-1-2-9(6-10)7-16-8-11-4-5-12(18)17-11/h1-3,6,11,13,16H,4-5,7-8H2,(H,17,18). The van der Waals surface area contributed by atoms with Crippen LogP contribution in [0.15, 0.2) is 24.3 Å². The number of carbonyl (C=O) groups is 1. The van der Waals surface area contributed by atoms with Crippen LogP contribution in [0.2, 0.25) is 0 Å². The first-order valence-electron chi connectivity index (χ1n) is 6.02. The molecule has 1 amide bonds. The molecular formula is C13H16F2N2O. The van der Waals surface area contributed by atoms with Gasteiger partial charge in [-0.15, -0.1) is 0 Å². The molecule has 1 atom stereocenters. The number of halogens is 2. The van der Waals surface area contributed by atoms with Crippen LogP contribution in [0.1, 0.15) is 30.4 Å². The number of carbonyl (C=O) groups excluding carboxylic acids is 1. The largest absolute Gasteiger partial charge is 0.352 e. The highest BCUT2D eigenvalue weighted by Crippen LogP contribution is 2.19. The van der Waals surface area contributed by atoms with Gasteiger partial charge in [0.25, 0.3) is 6.43 Å². The van der Waals surface area contributed by atoms with E-state index in [1.54, 1.807) is 6.07 Å². The summed E-state index contributed by atoms with van der Waals surface area (Å²) in [5.74, 6) is 0.0847. The summed E-state index contributed by atoms with van der Waals surface area (Å²) in [5.41, 5.74) is 0.876. The van der Waals surface area contributed by atoms with Crippen molar-refractivity contribution in [2.75, 3.05) is 6.54 Å². The maximum atomic E-state index is 12.5. The topological polar surface area (TPSA) is 41.1 Å². The summed E-state index contributed by atoms with van der Waals surface area (Å²) in [6.07, 6.45) is -1.02. The van der Waals surface area contributed by atoms with Crippen molar-refractivity contribution >= 4 is 5.91 Å². The Labute approximate surface area is 105 Å². The van der Waals surface area contributed by atoms with Crippen molar-refractivity contribution in [1.82, 2.24) is 10.6 Å². The zero-order valence-corrected chi connectivity index (χ0v) is 9.96. The van der Waals surface area contributed by atoms with Crippen LogP contribution in [-0.4, -0.2) is 18.5 Å². The van der Waals surface area contributed by atoms with E-state index in [4.69, 9.17) is 0 Å². The molecule has 0 radical (unpaired) electrons. The molecule has 1 aromatic carbocycles. The van der Waals surface area contributed by atoms with Gasteiger partial charge in [-0.2, -0.15) is 0 Å². The minimum atomic E-state index is -2.43. The van der Waals surface area contributed by atoms with Gasteiger partial charge in [0.15, 0.2) is 0 Å². The summed E-state index contributed by atoms with van der Waals surface area (Å²) < 4.78 is 25.0. The van der Waals surface area contributed by atoms with Gasteiger partial charge in [0.1, 0.15) is 0 Å². The summed E-state index contributed by atoms with van der Waals surface area (Å²) in [5, 5.41) is 6.02. The SMILES string of the molecule is O=C1CCC(CNCc2cccc(C(F)F)c2)N1. The second-order valence-electron chi connectivity index (χ2n) is 4.48. The second kappa shape index (κ2) is 5.91. The van der Waals surface area contributed by atoms with Crippen LogP contribution < -0.4 is 10.6 Å². The van der Waals surface area contributed by atoms with E-state index >= 15 is 0 Å². The number of rotatable bonds is 5. The van der Waals surface area contributed by atoms with Crippen molar-refractivity contribution in [3.8, 4) is 0 Å². The summed E-state index contributed by atoms with van der Waals surface area (Å²) >= 11 is 0. The number of benzene rings is 1. The van der Waals surface area contributed by atoms with E-state index < -0.39 is 6.43 Å². The Balaban J connectivity index is 1.79. The summed E-state index contributed by atoms with van der Waals surface area (Å²) in [4.78, 5) is 11.0. The molecule has 1 aliphatic rings. The molecular weight excluding hydrogens is 238 g/mol. The first kappa shape index (κ1) is 13.0. The first-order valence-corrected chi connectivity index (χ1v) is 6.02. The Kier molecular flexibility index (Phi) is 4.25. The number of hydrogen-bond donors (Lipinski definition) is 2. The lowest BCUT2D eigenvalue weighted by atomic mass is 10.1. The molecule has 5 heteroatoms. The Morgan fingerprint density at radius 1 is 1.44 bits per heavy atom. The third-order valence-electron chi connectivity index (χ3n) is 3.01. The quantitative estimate of drug-likeness (QED) is 0.843. The fourth-order valence-corrected chi connectivity index (χ4v) is 2.06. The molecule has 0 aromatic heterocycles. The van der Waals surface area contributed by atoms with Crippen LogP contribution in [0.4, 0.5) is 8.78 Å². The second-order valence-corrected chi connectivity index (χ2v) is 4.48. The van der Waals surface area contributed by atoms with E-state index in [1.807, 2.05) is 6.07 Å². The molecule has 0 spiro atoms. The molecule has 0 aliphatic carbocycles. The van der Waals surface area contributed by atoms with Crippen LogP contribution in [0, 0.1) is 0 Å². The monoisotopic (exact) mass is 254 g/mol. The molecule has 2 N–H and O–H groups in total. The first-order chi connectivity index (χ1) is 8.65. The van der Waals surface area contributed by atoms with Crippen LogP contribution in [0.25, 0.3) is 0 Å². The maximum Gasteiger partial charge on any atom is 0.263 e. The van der Waals surface area contributed by atoms with Gasteiger partial charge in [0, 0.05) is 31.1 Å². The van der Waals surface area contributed by atoms with E-state index in [-0.39, 0.29) is 17.5 Å². The summed E-state index contributed by atoms with van der Waals surface area (Å²) in [6.45, 7) is 1.21. The van der Waals surface area contributed by atoms with Crippen molar-refractivity contribution in [2.24, 2.45) is 0 Å². The third kappa shape index (κ3) is 3.50. The highest BCUT2D eigenvalue weighted by molar-refractivity contribution is 5.78. The predicted molar refractivity (Wildman–Crippen MR) is 64.3 cm³/mol. The number of amides is 1. The minimum Gasteiger partial charge on any atom is -0.352 e. The van der Waals surface area contributed by atoms with Crippen molar-refractivity contribution in [3.05, 3.63) is 35.4 Å². The number of nitrogens with one attached hydrogen (secondary N) is 2. The van der Waals surface area contributed by atoms with Gasteiger partial charge in [0.05, 0.1) is 0 Å². The zero-order chi connectivity index (χ0) is 13.0. The molecule has 1 aliphatic heterocycles. The lowest BCUT2D eigenvalue weighted by molar-refractivity contribution is -0.119. The molecule has 0 bridgehead atoms. The van der Waals surface area contributed by atoms with Crippen LogP contribution in [-0.2, 0) is 11.3 Å². The average Bonchev–Trinajstić information content (AvgIpc) is 2.75. The number of alkyl halides is 2. The van der Waals surface area contributed by atoms with E-state index in [0.29, 0.717) is 19.5 Å². The van der Waals surface area contributed by atoms with Gasteiger partial charge in [0.2, 0.25) is 5.91 Å². The smallest absolute Gasteiger partial charge is 0.263 e. The summed E-state index contributed by atoms with van der Waals surface area (Å²) in [6, 6.07) is 6.54.